The minimum Gasteiger partial charge on any atom is -0.437 e. The first-order chi connectivity index (χ1) is 12.3. The van der Waals surface area contributed by atoms with Gasteiger partial charge in [-0.15, -0.1) is 11.3 Å². The Morgan fingerprint density at radius 1 is 1.04 bits per heavy atom. The number of hydrogen-bond donors (Lipinski definition) is 1. The number of anilines is 1. The number of aromatic nitrogens is 2. The third-order valence-electron chi connectivity index (χ3n) is 3.50. The Labute approximate surface area is 147 Å². The number of benzene rings is 2. The predicted molar refractivity (Wildman–Crippen MR) is 98.3 cm³/mol. The largest absolute Gasteiger partial charge is 0.437 e. The van der Waals surface area contributed by atoms with Crippen molar-refractivity contribution < 1.29 is 9.53 Å². The summed E-state index contributed by atoms with van der Waals surface area (Å²) in [5, 5.41) is 3.97. The van der Waals surface area contributed by atoms with E-state index in [0.29, 0.717) is 22.2 Å². The summed E-state index contributed by atoms with van der Waals surface area (Å²) in [6.45, 7) is 0. The molecule has 0 aliphatic heterocycles. The molecule has 0 atom stereocenters. The van der Waals surface area contributed by atoms with Gasteiger partial charge in [-0.05, 0) is 29.7 Å². The van der Waals surface area contributed by atoms with Gasteiger partial charge in [0.25, 0.3) is 5.91 Å². The molecule has 0 aliphatic rings. The summed E-state index contributed by atoms with van der Waals surface area (Å²) in [5.41, 5.74) is 0.656. The van der Waals surface area contributed by atoms with Crippen molar-refractivity contribution in [3.63, 3.8) is 0 Å². The zero-order chi connectivity index (χ0) is 17.1. The summed E-state index contributed by atoms with van der Waals surface area (Å²) in [5.74, 6) is 0.836. The van der Waals surface area contributed by atoms with Gasteiger partial charge in [0.15, 0.2) is 0 Å². The Morgan fingerprint density at radius 3 is 2.80 bits per heavy atom. The van der Waals surface area contributed by atoms with Gasteiger partial charge in [0.05, 0.1) is 11.1 Å². The van der Waals surface area contributed by atoms with E-state index in [9.17, 15) is 4.79 Å². The highest BCUT2D eigenvalue weighted by Crippen LogP contribution is 2.27. The molecule has 25 heavy (non-hydrogen) atoms. The fourth-order valence-electron chi connectivity index (χ4n) is 2.38. The molecule has 0 aliphatic carbocycles. The topological polar surface area (TPSA) is 64.1 Å². The highest BCUT2D eigenvalue weighted by atomic mass is 32.1. The first-order valence-corrected chi connectivity index (χ1v) is 8.43. The molecule has 2 heterocycles. The van der Waals surface area contributed by atoms with Crippen LogP contribution in [-0.4, -0.2) is 15.9 Å². The molecule has 6 heteroatoms. The van der Waals surface area contributed by atoms with Gasteiger partial charge in [0.1, 0.15) is 5.75 Å². The standard InChI is InChI=1S/C19H13N3O2S/c23-19(17-10-13-4-1-2-7-16(13)25-17)22-14-5-3-6-15(11-14)24-18-12-20-8-9-21-18/h1-12H,(H,22,23). The summed E-state index contributed by atoms with van der Waals surface area (Å²) in [6.07, 6.45) is 4.67. The van der Waals surface area contributed by atoms with E-state index < -0.39 is 0 Å². The fraction of sp³-hybridized carbons (Fsp3) is 0. The van der Waals surface area contributed by atoms with Crippen LogP contribution in [0.5, 0.6) is 11.6 Å². The van der Waals surface area contributed by atoms with Crippen LogP contribution in [0.4, 0.5) is 5.69 Å². The molecule has 0 unspecified atom stereocenters. The average Bonchev–Trinajstić information content (AvgIpc) is 3.07. The smallest absolute Gasteiger partial charge is 0.265 e. The highest BCUT2D eigenvalue weighted by molar-refractivity contribution is 7.20. The van der Waals surface area contributed by atoms with Crippen molar-refractivity contribution in [2.45, 2.75) is 0 Å². The lowest BCUT2D eigenvalue weighted by Gasteiger charge is -2.07. The summed E-state index contributed by atoms with van der Waals surface area (Å²) >= 11 is 1.47. The average molecular weight is 347 g/mol. The minimum absolute atomic E-state index is 0.141. The zero-order valence-corrected chi connectivity index (χ0v) is 13.9. The second kappa shape index (κ2) is 6.70. The molecule has 4 aromatic rings. The number of nitrogens with zero attached hydrogens (tertiary/aromatic N) is 2. The van der Waals surface area contributed by atoms with Crippen molar-refractivity contribution in [1.82, 2.24) is 9.97 Å². The molecule has 2 aromatic heterocycles. The normalized spacial score (nSPS) is 10.6. The Morgan fingerprint density at radius 2 is 1.96 bits per heavy atom. The summed E-state index contributed by atoms with van der Waals surface area (Å²) < 4.78 is 6.72. The summed E-state index contributed by atoms with van der Waals surface area (Å²) in [6, 6.07) is 17.0. The maximum atomic E-state index is 12.5. The number of ether oxygens (including phenoxy) is 1. The summed E-state index contributed by atoms with van der Waals surface area (Å²) in [4.78, 5) is 21.2. The van der Waals surface area contributed by atoms with Crippen molar-refractivity contribution in [1.29, 1.82) is 0 Å². The molecule has 2 aromatic carbocycles. The van der Waals surface area contributed by atoms with Gasteiger partial charge in [-0.25, -0.2) is 4.98 Å². The van der Waals surface area contributed by atoms with Gasteiger partial charge in [-0.2, -0.15) is 0 Å². The first kappa shape index (κ1) is 15.3. The number of fused-ring (bicyclic) bond motifs is 1. The lowest BCUT2D eigenvalue weighted by molar-refractivity contribution is 0.103. The Balaban J connectivity index is 1.52. The molecule has 1 amide bonds. The fourth-order valence-corrected chi connectivity index (χ4v) is 3.34. The number of hydrogen-bond acceptors (Lipinski definition) is 5. The number of carbonyl (C=O) groups is 1. The van der Waals surface area contributed by atoms with Crippen LogP contribution in [0.1, 0.15) is 9.67 Å². The highest BCUT2D eigenvalue weighted by Gasteiger charge is 2.11. The van der Waals surface area contributed by atoms with E-state index in [-0.39, 0.29) is 5.91 Å². The molecule has 4 rings (SSSR count). The number of carbonyl (C=O) groups excluding carboxylic acids is 1. The molecular weight excluding hydrogens is 334 g/mol. The zero-order valence-electron chi connectivity index (χ0n) is 13.0. The maximum absolute atomic E-state index is 12.5. The lowest BCUT2D eigenvalue weighted by Crippen LogP contribution is -2.09. The van der Waals surface area contributed by atoms with Gasteiger partial charge in [0, 0.05) is 28.8 Å². The van der Waals surface area contributed by atoms with Crippen molar-refractivity contribution in [2.24, 2.45) is 0 Å². The number of nitrogens with one attached hydrogen (secondary N) is 1. The van der Waals surface area contributed by atoms with Crippen molar-refractivity contribution in [2.75, 3.05) is 5.32 Å². The second-order valence-corrected chi connectivity index (χ2v) is 6.36. The molecule has 1 N–H and O–H groups in total. The molecule has 0 bridgehead atoms. The Hall–Kier alpha value is -3.25. The molecule has 5 nitrogen and oxygen atoms in total. The van der Waals surface area contributed by atoms with Crippen LogP contribution in [0.2, 0.25) is 0 Å². The van der Waals surface area contributed by atoms with Crippen molar-refractivity contribution >= 4 is 33.0 Å². The van der Waals surface area contributed by atoms with Gasteiger partial charge in [-0.1, -0.05) is 24.3 Å². The van der Waals surface area contributed by atoms with Gasteiger partial charge in [0.2, 0.25) is 5.88 Å². The quantitative estimate of drug-likeness (QED) is 0.579. The van der Waals surface area contributed by atoms with Crippen LogP contribution in [0.3, 0.4) is 0 Å². The van der Waals surface area contributed by atoms with Gasteiger partial charge in [-0.3, -0.25) is 9.78 Å². The van der Waals surface area contributed by atoms with Gasteiger partial charge >= 0.3 is 0 Å². The van der Waals surface area contributed by atoms with Crippen LogP contribution < -0.4 is 10.1 Å². The van der Waals surface area contributed by atoms with E-state index in [1.165, 1.54) is 17.5 Å². The van der Waals surface area contributed by atoms with Crippen LogP contribution in [0.25, 0.3) is 10.1 Å². The van der Waals surface area contributed by atoms with E-state index in [1.54, 1.807) is 24.5 Å². The van der Waals surface area contributed by atoms with Crippen LogP contribution >= 0.6 is 11.3 Å². The predicted octanol–water partition coefficient (Wildman–Crippen LogP) is 4.74. The lowest BCUT2D eigenvalue weighted by atomic mass is 10.2. The molecule has 0 fully saturated rings. The van der Waals surface area contributed by atoms with Crippen LogP contribution in [0.15, 0.2) is 73.2 Å². The number of amides is 1. The number of rotatable bonds is 4. The Bertz CT molecular complexity index is 998. The van der Waals surface area contributed by atoms with E-state index >= 15 is 0 Å². The molecular formula is C19H13N3O2S. The minimum atomic E-state index is -0.141. The molecule has 0 saturated heterocycles. The number of thiophene rings is 1. The van der Waals surface area contributed by atoms with E-state index in [2.05, 4.69) is 15.3 Å². The SMILES string of the molecule is O=C(Nc1cccc(Oc2cnccn2)c1)c1cc2ccccc2s1. The Kier molecular flexibility index (Phi) is 4.10. The van der Waals surface area contributed by atoms with Gasteiger partial charge < -0.3 is 10.1 Å². The third kappa shape index (κ3) is 3.49. The monoisotopic (exact) mass is 347 g/mol. The van der Waals surface area contributed by atoms with Crippen molar-refractivity contribution in [3.05, 3.63) is 78.1 Å². The maximum Gasteiger partial charge on any atom is 0.265 e. The third-order valence-corrected chi connectivity index (χ3v) is 4.62. The van der Waals surface area contributed by atoms with Crippen LogP contribution in [0, 0.1) is 0 Å². The summed E-state index contributed by atoms with van der Waals surface area (Å²) in [7, 11) is 0. The molecule has 0 radical (unpaired) electrons. The molecule has 122 valence electrons. The van der Waals surface area contributed by atoms with E-state index in [4.69, 9.17) is 4.74 Å². The van der Waals surface area contributed by atoms with Crippen LogP contribution in [-0.2, 0) is 0 Å². The van der Waals surface area contributed by atoms with E-state index in [1.807, 2.05) is 42.5 Å². The molecule has 0 saturated carbocycles. The van der Waals surface area contributed by atoms with Crippen molar-refractivity contribution in [3.8, 4) is 11.6 Å². The van der Waals surface area contributed by atoms with E-state index in [0.717, 1.165) is 10.1 Å². The molecule has 0 spiro atoms. The first-order valence-electron chi connectivity index (χ1n) is 7.62. The second-order valence-electron chi connectivity index (χ2n) is 5.28.